The number of hydrogen-bond donors (Lipinski definition) is 0. The van der Waals surface area contributed by atoms with Gasteiger partial charge in [0, 0.05) is 34.3 Å². The van der Waals surface area contributed by atoms with E-state index in [1.54, 1.807) is 0 Å². The van der Waals surface area contributed by atoms with E-state index in [4.69, 9.17) is 11.6 Å². The van der Waals surface area contributed by atoms with Crippen molar-refractivity contribution >= 4 is 38.9 Å². The van der Waals surface area contributed by atoms with E-state index in [1.807, 2.05) is 12.1 Å². The molecule has 2 aromatic rings. The lowest BCUT2D eigenvalue weighted by Gasteiger charge is -2.24. The molecule has 0 saturated carbocycles. The van der Waals surface area contributed by atoms with Crippen molar-refractivity contribution in [2.75, 3.05) is 11.9 Å². The van der Waals surface area contributed by atoms with Gasteiger partial charge in [0.1, 0.15) is 0 Å². The van der Waals surface area contributed by atoms with Crippen molar-refractivity contribution in [3.63, 3.8) is 0 Å². The highest BCUT2D eigenvalue weighted by atomic mass is 79.9. The zero-order chi connectivity index (χ0) is 14.0. The normalized spacial score (nSPS) is 10.6. The minimum atomic E-state index is 0.747. The Hall–Kier alpha value is -0.990. The lowest BCUT2D eigenvalue weighted by atomic mass is 10.1. The molecule has 0 saturated heterocycles. The average Bonchev–Trinajstić information content (AvgIpc) is 2.37. The minimum Gasteiger partial charge on any atom is -0.344 e. The zero-order valence-corrected chi connectivity index (χ0v) is 13.7. The quantitative estimate of drug-likeness (QED) is 0.657. The molecule has 3 heteroatoms. The van der Waals surface area contributed by atoms with Gasteiger partial charge in [0.15, 0.2) is 0 Å². The summed E-state index contributed by atoms with van der Waals surface area (Å²) in [6.45, 7) is 4.25. The van der Waals surface area contributed by atoms with Crippen LogP contribution in [0.1, 0.15) is 16.7 Å². The topological polar surface area (TPSA) is 3.24 Å². The second-order valence-corrected chi connectivity index (χ2v) is 5.69. The maximum atomic E-state index is 6.27. The minimum absolute atomic E-state index is 0.747. The van der Waals surface area contributed by atoms with Crippen LogP contribution < -0.4 is 4.90 Å². The van der Waals surface area contributed by atoms with Crippen molar-refractivity contribution in [1.29, 1.82) is 0 Å². The summed E-state index contributed by atoms with van der Waals surface area (Å²) >= 11 is 9.79. The number of anilines is 2. The molecule has 19 heavy (non-hydrogen) atoms. The van der Waals surface area contributed by atoms with Crippen molar-refractivity contribution in [3.05, 3.63) is 58.1 Å². The number of aryl methyl sites for hydroxylation is 2. The molecule has 2 aromatic carbocycles. The second-order valence-electron chi connectivity index (χ2n) is 4.72. The van der Waals surface area contributed by atoms with E-state index in [9.17, 15) is 0 Å². The van der Waals surface area contributed by atoms with Crippen molar-refractivity contribution in [2.24, 2.45) is 0 Å². The summed E-state index contributed by atoms with van der Waals surface area (Å²) < 4.78 is 0. The highest BCUT2D eigenvalue weighted by Gasteiger charge is 2.12. The Kier molecular flexibility index (Phi) is 4.54. The van der Waals surface area contributed by atoms with Crippen LogP contribution in [0.2, 0.25) is 5.02 Å². The Morgan fingerprint density at radius 2 is 1.84 bits per heavy atom. The van der Waals surface area contributed by atoms with E-state index in [0.29, 0.717) is 0 Å². The standard InChI is InChI=1S/C16H17BrClN/c1-11-7-8-15(12(2)9-11)19(3)16-6-4-5-14(18)13(16)10-17/h4-9H,10H2,1-3H3. The maximum Gasteiger partial charge on any atom is 0.0467 e. The van der Waals surface area contributed by atoms with Gasteiger partial charge in [-0.05, 0) is 37.6 Å². The van der Waals surface area contributed by atoms with Crippen LogP contribution in [0.25, 0.3) is 0 Å². The molecule has 0 bridgehead atoms. The number of hydrogen-bond acceptors (Lipinski definition) is 1. The molecule has 0 spiro atoms. The van der Waals surface area contributed by atoms with Crippen LogP contribution in [0.4, 0.5) is 11.4 Å². The monoisotopic (exact) mass is 337 g/mol. The summed E-state index contributed by atoms with van der Waals surface area (Å²) in [5.41, 5.74) is 6.00. The highest BCUT2D eigenvalue weighted by Crippen LogP contribution is 2.34. The third-order valence-corrected chi connectivity index (χ3v) is 4.22. The lowest BCUT2D eigenvalue weighted by Crippen LogP contribution is -2.13. The highest BCUT2D eigenvalue weighted by molar-refractivity contribution is 9.08. The molecule has 0 radical (unpaired) electrons. The summed E-state index contributed by atoms with van der Waals surface area (Å²) in [6, 6.07) is 12.5. The van der Waals surface area contributed by atoms with E-state index >= 15 is 0 Å². The number of rotatable bonds is 3. The van der Waals surface area contributed by atoms with Gasteiger partial charge in [-0.15, -0.1) is 0 Å². The first-order valence-electron chi connectivity index (χ1n) is 6.19. The third kappa shape index (κ3) is 2.96. The first kappa shape index (κ1) is 14.4. The Balaban J connectivity index is 2.50. The molecule has 0 fully saturated rings. The van der Waals surface area contributed by atoms with Crippen LogP contribution in [0.5, 0.6) is 0 Å². The fraction of sp³-hybridized carbons (Fsp3) is 0.250. The third-order valence-electron chi connectivity index (χ3n) is 3.30. The first-order chi connectivity index (χ1) is 9.04. The Bertz CT molecular complexity index is 595. The van der Waals surface area contributed by atoms with Gasteiger partial charge >= 0.3 is 0 Å². The first-order valence-corrected chi connectivity index (χ1v) is 7.69. The van der Waals surface area contributed by atoms with E-state index < -0.39 is 0 Å². The molecule has 1 nitrogen and oxygen atoms in total. The van der Waals surface area contributed by atoms with Crippen molar-refractivity contribution < 1.29 is 0 Å². The average molecular weight is 339 g/mol. The van der Waals surface area contributed by atoms with E-state index in [-0.39, 0.29) is 0 Å². The van der Waals surface area contributed by atoms with Crippen molar-refractivity contribution in [3.8, 4) is 0 Å². The molecular formula is C16H17BrClN. The lowest BCUT2D eigenvalue weighted by molar-refractivity contribution is 1.16. The fourth-order valence-corrected chi connectivity index (χ4v) is 3.29. The van der Waals surface area contributed by atoms with E-state index in [0.717, 1.165) is 21.6 Å². The van der Waals surface area contributed by atoms with Gasteiger partial charge in [-0.1, -0.05) is 51.3 Å². The Morgan fingerprint density at radius 1 is 1.11 bits per heavy atom. The zero-order valence-electron chi connectivity index (χ0n) is 11.4. The van der Waals surface area contributed by atoms with E-state index in [1.165, 1.54) is 16.8 Å². The van der Waals surface area contributed by atoms with Gasteiger partial charge in [-0.3, -0.25) is 0 Å². The van der Waals surface area contributed by atoms with Crippen LogP contribution in [-0.4, -0.2) is 7.05 Å². The molecule has 0 N–H and O–H groups in total. The van der Waals surface area contributed by atoms with Gasteiger partial charge in [0.2, 0.25) is 0 Å². The molecule has 0 aromatic heterocycles. The van der Waals surface area contributed by atoms with E-state index in [2.05, 4.69) is 66.0 Å². The van der Waals surface area contributed by atoms with Crippen molar-refractivity contribution in [1.82, 2.24) is 0 Å². The molecular weight excluding hydrogens is 322 g/mol. The second kappa shape index (κ2) is 5.98. The van der Waals surface area contributed by atoms with Crippen LogP contribution in [0.3, 0.4) is 0 Å². The van der Waals surface area contributed by atoms with Crippen LogP contribution in [-0.2, 0) is 5.33 Å². The predicted octanol–water partition coefficient (Wildman–Crippen LogP) is 5.62. The number of alkyl halides is 1. The molecule has 0 amide bonds. The van der Waals surface area contributed by atoms with Gasteiger partial charge in [0.25, 0.3) is 0 Å². The van der Waals surface area contributed by atoms with Gasteiger partial charge in [0.05, 0.1) is 0 Å². The smallest absolute Gasteiger partial charge is 0.0467 e. The number of nitrogens with zero attached hydrogens (tertiary/aromatic N) is 1. The van der Waals surface area contributed by atoms with Crippen LogP contribution in [0.15, 0.2) is 36.4 Å². The summed E-state index contributed by atoms with van der Waals surface area (Å²) in [6.07, 6.45) is 0. The van der Waals surface area contributed by atoms with Crippen LogP contribution >= 0.6 is 27.5 Å². The van der Waals surface area contributed by atoms with Gasteiger partial charge in [-0.25, -0.2) is 0 Å². The molecule has 0 unspecified atom stereocenters. The molecule has 0 aliphatic carbocycles. The van der Waals surface area contributed by atoms with Gasteiger partial charge < -0.3 is 4.90 Å². The summed E-state index contributed by atoms with van der Waals surface area (Å²) in [4.78, 5) is 2.19. The number of halogens is 2. The summed E-state index contributed by atoms with van der Waals surface area (Å²) in [5.74, 6) is 0. The molecule has 100 valence electrons. The molecule has 0 aliphatic heterocycles. The molecule has 2 rings (SSSR count). The van der Waals surface area contributed by atoms with Crippen molar-refractivity contribution in [2.45, 2.75) is 19.2 Å². The molecule has 0 heterocycles. The maximum absolute atomic E-state index is 6.27. The molecule has 0 atom stereocenters. The summed E-state index contributed by atoms with van der Waals surface area (Å²) in [7, 11) is 2.08. The fourth-order valence-electron chi connectivity index (χ4n) is 2.31. The predicted molar refractivity (Wildman–Crippen MR) is 88.1 cm³/mol. The van der Waals surface area contributed by atoms with Gasteiger partial charge in [-0.2, -0.15) is 0 Å². The Labute approximate surface area is 128 Å². The largest absolute Gasteiger partial charge is 0.344 e. The SMILES string of the molecule is Cc1ccc(N(C)c2cccc(Cl)c2CBr)c(C)c1. The summed E-state index contributed by atoms with van der Waals surface area (Å²) in [5, 5.41) is 1.54. The Morgan fingerprint density at radius 3 is 2.47 bits per heavy atom. The van der Waals surface area contributed by atoms with Crippen LogP contribution in [0, 0.1) is 13.8 Å². The molecule has 0 aliphatic rings. The number of benzene rings is 2.